The highest BCUT2D eigenvalue weighted by Crippen LogP contribution is 2.26. The zero-order valence-electron chi connectivity index (χ0n) is 43.8. The molecule has 0 radical (unpaired) electrons. The molecule has 1 aliphatic rings. The molecular weight excluding hydrogens is 883 g/mol. The van der Waals surface area contributed by atoms with E-state index in [0.29, 0.717) is 12.8 Å². The van der Waals surface area contributed by atoms with Crippen LogP contribution < -0.4 is 5.32 Å². The van der Waals surface area contributed by atoms with E-state index < -0.39 is 67.4 Å². The number of hydrogen-bond acceptors (Lipinski definition) is 10. The summed E-state index contributed by atoms with van der Waals surface area (Å²) in [5.41, 5.74) is 0. The molecule has 11 nitrogen and oxygen atoms in total. The lowest BCUT2D eigenvalue weighted by atomic mass is 9.99. The van der Waals surface area contributed by atoms with Crippen LogP contribution >= 0.6 is 0 Å². The summed E-state index contributed by atoms with van der Waals surface area (Å²) in [6.45, 7) is 5.54. The molecule has 6 N–H and O–H groups in total. The molecule has 8 atom stereocenters. The summed E-state index contributed by atoms with van der Waals surface area (Å²) in [6.07, 6.45) is 50.2. The van der Waals surface area contributed by atoms with Crippen molar-refractivity contribution in [3.8, 4) is 0 Å². The second-order valence-corrected chi connectivity index (χ2v) is 18.7. The van der Waals surface area contributed by atoms with E-state index in [-0.39, 0.29) is 19.4 Å². The van der Waals surface area contributed by atoms with Crippen LogP contribution in [-0.2, 0) is 23.8 Å². The molecule has 0 aliphatic carbocycles. The number of nitrogens with one attached hydrogen (secondary N) is 1. The number of allylic oxidation sites excluding steroid dienone is 15. The number of carbonyl (C=O) groups is 2. The third kappa shape index (κ3) is 34.8. The van der Waals surface area contributed by atoms with Crippen molar-refractivity contribution in [3.63, 3.8) is 0 Å². The third-order valence-corrected chi connectivity index (χ3v) is 12.3. The summed E-state index contributed by atoms with van der Waals surface area (Å²) >= 11 is 0. The van der Waals surface area contributed by atoms with Crippen molar-refractivity contribution in [2.45, 2.75) is 250 Å². The average molecular weight is 982 g/mol. The predicted molar refractivity (Wildman–Crippen MR) is 287 cm³/mol. The van der Waals surface area contributed by atoms with Gasteiger partial charge in [0, 0.05) is 6.42 Å². The summed E-state index contributed by atoms with van der Waals surface area (Å²) in [5, 5.41) is 56.7. The van der Waals surface area contributed by atoms with Crippen LogP contribution in [0.25, 0.3) is 0 Å². The van der Waals surface area contributed by atoms with Crippen LogP contribution in [-0.4, -0.2) is 99.6 Å². The number of hydrogen-bond donors (Lipinski definition) is 6. The van der Waals surface area contributed by atoms with Crippen LogP contribution in [0.15, 0.2) is 97.2 Å². The van der Waals surface area contributed by atoms with E-state index in [1.54, 1.807) is 6.08 Å². The fourth-order valence-corrected chi connectivity index (χ4v) is 7.90. The number of unbranched alkanes of at least 4 members (excludes halogenated alkanes) is 19. The Morgan fingerprint density at radius 1 is 0.586 bits per heavy atom. The van der Waals surface area contributed by atoms with Crippen molar-refractivity contribution in [1.82, 2.24) is 5.32 Å². The van der Waals surface area contributed by atoms with Gasteiger partial charge in [-0.15, -0.1) is 0 Å². The average Bonchev–Trinajstić information content (AvgIpc) is 3.36. The summed E-state index contributed by atoms with van der Waals surface area (Å²) < 4.78 is 17.5. The lowest BCUT2D eigenvalue weighted by molar-refractivity contribution is -0.305. The van der Waals surface area contributed by atoms with Crippen LogP contribution in [0.1, 0.15) is 201 Å². The second-order valence-electron chi connectivity index (χ2n) is 18.7. The summed E-state index contributed by atoms with van der Waals surface area (Å²) in [7, 11) is 0. The number of esters is 1. The Kier molecular flexibility index (Phi) is 43.0. The number of ether oxygens (including phenoxy) is 3. The van der Waals surface area contributed by atoms with Crippen molar-refractivity contribution >= 4 is 11.9 Å². The minimum atomic E-state index is -1.64. The van der Waals surface area contributed by atoms with Crippen LogP contribution in [0.3, 0.4) is 0 Å². The molecule has 1 amide bonds. The molecule has 70 heavy (non-hydrogen) atoms. The normalized spacial score (nSPS) is 20.5. The van der Waals surface area contributed by atoms with Gasteiger partial charge in [-0.2, -0.15) is 0 Å². The van der Waals surface area contributed by atoms with Crippen molar-refractivity contribution in [2.75, 3.05) is 13.2 Å². The lowest BCUT2D eigenvalue weighted by Gasteiger charge is -2.41. The Balaban J connectivity index is 2.81. The molecular formula is C59H99NO10. The fourth-order valence-electron chi connectivity index (χ4n) is 7.90. The van der Waals surface area contributed by atoms with E-state index in [1.165, 1.54) is 64.2 Å². The van der Waals surface area contributed by atoms with Gasteiger partial charge in [0.25, 0.3) is 0 Å². The smallest absolute Gasteiger partial charge is 0.306 e. The molecule has 1 rings (SSSR count). The van der Waals surface area contributed by atoms with Gasteiger partial charge < -0.3 is 45.1 Å². The fraction of sp³-hybridized carbons (Fsp3) is 0.695. The van der Waals surface area contributed by atoms with Crippen LogP contribution in [0.5, 0.6) is 0 Å². The first kappa shape index (κ1) is 64.6. The topological polar surface area (TPSA) is 175 Å². The SMILES string of the molecule is CC/C=C/C=C/C=C\C=C/CCCCCC(=O)OC1C(OCC(NC(=O)C(O)CCCCC/C=C\C/C=C\C/C=C\CCCCC)C(O)/C=C/CCCCCCCCCCCC)OC(CO)C(O)C1O. The molecule has 8 unspecified atom stereocenters. The second kappa shape index (κ2) is 46.6. The van der Waals surface area contributed by atoms with Gasteiger partial charge in [-0.3, -0.25) is 9.59 Å². The maximum Gasteiger partial charge on any atom is 0.306 e. The molecule has 1 aliphatic heterocycles. The first-order valence-electron chi connectivity index (χ1n) is 27.6. The van der Waals surface area contributed by atoms with Gasteiger partial charge in [-0.1, -0.05) is 208 Å². The lowest BCUT2D eigenvalue weighted by Crippen LogP contribution is -2.61. The largest absolute Gasteiger partial charge is 0.454 e. The van der Waals surface area contributed by atoms with Crippen molar-refractivity contribution in [1.29, 1.82) is 0 Å². The van der Waals surface area contributed by atoms with E-state index in [2.05, 4.69) is 74.7 Å². The first-order chi connectivity index (χ1) is 34.2. The number of amides is 1. The number of carbonyl (C=O) groups excluding carboxylic acids is 2. The zero-order chi connectivity index (χ0) is 51.1. The maximum atomic E-state index is 13.4. The van der Waals surface area contributed by atoms with Gasteiger partial charge in [0.2, 0.25) is 5.91 Å². The van der Waals surface area contributed by atoms with Crippen molar-refractivity contribution in [3.05, 3.63) is 97.2 Å². The molecule has 1 saturated heterocycles. The third-order valence-electron chi connectivity index (χ3n) is 12.3. The molecule has 0 spiro atoms. The monoisotopic (exact) mass is 982 g/mol. The van der Waals surface area contributed by atoms with E-state index in [9.17, 15) is 35.1 Å². The summed E-state index contributed by atoms with van der Waals surface area (Å²) in [5.74, 6) is -1.27. The Morgan fingerprint density at radius 2 is 1.09 bits per heavy atom. The van der Waals surface area contributed by atoms with E-state index in [4.69, 9.17) is 14.2 Å². The summed E-state index contributed by atoms with van der Waals surface area (Å²) in [6, 6.07) is -1.05. The molecule has 11 heteroatoms. The quantitative estimate of drug-likeness (QED) is 0.0149. The van der Waals surface area contributed by atoms with E-state index >= 15 is 0 Å². The minimum absolute atomic E-state index is 0.0696. The molecule has 0 aromatic carbocycles. The number of aliphatic hydroxyl groups excluding tert-OH is 5. The maximum absolute atomic E-state index is 13.4. The molecule has 0 aromatic heterocycles. The molecule has 400 valence electrons. The predicted octanol–water partition coefficient (Wildman–Crippen LogP) is 12.0. The molecule has 1 heterocycles. The van der Waals surface area contributed by atoms with E-state index in [1.807, 2.05) is 42.5 Å². The summed E-state index contributed by atoms with van der Waals surface area (Å²) in [4.78, 5) is 26.4. The standard InChI is InChI=1S/C59H99NO10/c1-4-7-10-13-16-19-22-25-26-27-29-31-34-37-40-43-46-52(63)58(67)60-50(51(62)45-42-39-36-33-30-24-21-18-15-12-9-6-3)49-68-59-57(56(66)55(65)53(48-61)69-59)70-54(64)47-44-41-38-35-32-28-23-20-17-14-11-8-5-2/h8,11,14,16-17,19-20,23,25-26,28-29,31-32,42,45,50-53,55-57,59,61-63,65-66H,4-7,9-10,12-13,15,18,21-22,24,27,30,33-41,43-44,46-49H2,1-3H3,(H,60,67)/b11-8+,17-14+,19-16-,23-20-,26-25-,31-29-,32-28-,45-42+. The van der Waals surface area contributed by atoms with Crippen LogP contribution in [0, 0.1) is 0 Å². The molecule has 0 saturated carbocycles. The first-order valence-corrected chi connectivity index (χ1v) is 27.6. The Bertz CT molecular complexity index is 1500. The van der Waals surface area contributed by atoms with Crippen LogP contribution in [0.2, 0.25) is 0 Å². The van der Waals surface area contributed by atoms with Gasteiger partial charge in [0.1, 0.15) is 24.4 Å². The van der Waals surface area contributed by atoms with Gasteiger partial charge in [-0.05, 0) is 83.5 Å². The van der Waals surface area contributed by atoms with Crippen molar-refractivity contribution in [2.24, 2.45) is 0 Å². The highest BCUT2D eigenvalue weighted by molar-refractivity contribution is 5.80. The molecule has 1 fully saturated rings. The highest BCUT2D eigenvalue weighted by Gasteiger charge is 2.47. The van der Waals surface area contributed by atoms with Crippen LogP contribution in [0.4, 0.5) is 0 Å². The van der Waals surface area contributed by atoms with Gasteiger partial charge in [-0.25, -0.2) is 0 Å². The van der Waals surface area contributed by atoms with Gasteiger partial charge in [0.05, 0.1) is 25.4 Å². The minimum Gasteiger partial charge on any atom is -0.454 e. The number of aliphatic hydroxyl groups is 5. The van der Waals surface area contributed by atoms with E-state index in [0.717, 1.165) is 89.9 Å². The number of rotatable bonds is 44. The van der Waals surface area contributed by atoms with Gasteiger partial charge in [0.15, 0.2) is 12.4 Å². The molecule has 0 aromatic rings. The Labute approximate surface area is 425 Å². The Hall–Kier alpha value is -3.42. The highest BCUT2D eigenvalue weighted by atomic mass is 16.7. The zero-order valence-corrected chi connectivity index (χ0v) is 43.8. The Morgan fingerprint density at radius 3 is 1.70 bits per heavy atom. The van der Waals surface area contributed by atoms with Crippen molar-refractivity contribution < 1.29 is 49.3 Å². The van der Waals surface area contributed by atoms with Gasteiger partial charge >= 0.3 is 5.97 Å². The molecule has 0 bridgehead atoms.